The Hall–Kier alpha value is -2.01. The van der Waals surface area contributed by atoms with Crippen molar-refractivity contribution in [2.45, 2.75) is 20.0 Å². The molecule has 2 aromatic heterocycles. The lowest BCUT2D eigenvalue weighted by molar-refractivity contribution is 0.183. The minimum absolute atomic E-state index is 0.0877. The third-order valence-electron chi connectivity index (χ3n) is 4.06. The largest absolute Gasteiger partial charge is 0.395 e. The molecule has 5 heteroatoms. The van der Waals surface area contributed by atoms with E-state index >= 15 is 0 Å². The van der Waals surface area contributed by atoms with Gasteiger partial charge in [0.1, 0.15) is 0 Å². The molecule has 4 nitrogen and oxygen atoms in total. The van der Waals surface area contributed by atoms with Crippen molar-refractivity contribution >= 4 is 22.5 Å². The molecule has 3 rings (SSSR count). The summed E-state index contributed by atoms with van der Waals surface area (Å²) in [4.78, 5) is 11.0. The highest BCUT2D eigenvalue weighted by molar-refractivity contribution is 6.32. The van der Waals surface area contributed by atoms with Crippen LogP contribution in [0.1, 0.15) is 16.8 Å². The average Bonchev–Trinajstić information content (AvgIpc) is 2.60. The minimum Gasteiger partial charge on any atom is -0.395 e. The van der Waals surface area contributed by atoms with Gasteiger partial charge in [0, 0.05) is 37.4 Å². The third-order valence-corrected chi connectivity index (χ3v) is 4.57. The van der Waals surface area contributed by atoms with Crippen LogP contribution in [0.5, 0.6) is 0 Å². The van der Waals surface area contributed by atoms with Gasteiger partial charge in [0.05, 0.1) is 22.8 Å². The molecule has 124 valence electrons. The first-order valence-electron chi connectivity index (χ1n) is 7.95. The predicted molar refractivity (Wildman–Crippen MR) is 96.9 cm³/mol. The average molecular weight is 342 g/mol. The van der Waals surface area contributed by atoms with Gasteiger partial charge in [0.15, 0.2) is 0 Å². The number of pyridine rings is 2. The molecule has 1 aromatic carbocycles. The van der Waals surface area contributed by atoms with Crippen molar-refractivity contribution in [1.29, 1.82) is 0 Å². The van der Waals surface area contributed by atoms with Gasteiger partial charge in [-0.25, -0.2) is 4.98 Å². The molecular formula is C19H20ClN3O. The van der Waals surface area contributed by atoms with E-state index in [0.29, 0.717) is 24.7 Å². The summed E-state index contributed by atoms with van der Waals surface area (Å²) in [6.07, 6.45) is 3.59. The topological polar surface area (TPSA) is 49.2 Å². The zero-order valence-electron chi connectivity index (χ0n) is 13.6. The van der Waals surface area contributed by atoms with Gasteiger partial charge in [-0.2, -0.15) is 0 Å². The van der Waals surface area contributed by atoms with Crippen LogP contribution in [0.25, 0.3) is 10.9 Å². The lowest BCUT2D eigenvalue weighted by Crippen LogP contribution is -2.26. The molecule has 24 heavy (non-hydrogen) atoms. The van der Waals surface area contributed by atoms with E-state index in [9.17, 15) is 5.11 Å². The molecule has 0 radical (unpaired) electrons. The molecule has 0 unspecified atom stereocenters. The van der Waals surface area contributed by atoms with Crippen molar-refractivity contribution in [1.82, 2.24) is 14.9 Å². The fourth-order valence-corrected chi connectivity index (χ4v) is 3.04. The number of benzene rings is 1. The Balaban J connectivity index is 1.89. The van der Waals surface area contributed by atoms with E-state index in [0.717, 1.165) is 27.7 Å². The molecule has 1 N–H and O–H groups in total. The lowest BCUT2D eigenvalue weighted by Gasteiger charge is -2.22. The van der Waals surface area contributed by atoms with E-state index < -0.39 is 0 Å². The van der Waals surface area contributed by atoms with Crippen LogP contribution in [-0.2, 0) is 13.1 Å². The van der Waals surface area contributed by atoms with Gasteiger partial charge < -0.3 is 5.11 Å². The number of nitrogens with zero attached hydrogens (tertiary/aromatic N) is 3. The fourth-order valence-electron chi connectivity index (χ4n) is 2.84. The number of hydrogen-bond donors (Lipinski definition) is 1. The van der Waals surface area contributed by atoms with E-state index in [2.05, 4.69) is 9.88 Å². The summed E-state index contributed by atoms with van der Waals surface area (Å²) in [6, 6.07) is 11.9. The quantitative estimate of drug-likeness (QED) is 0.744. The Morgan fingerprint density at radius 2 is 1.96 bits per heavy atom. The number of halogens is 1. The monoisotopic (exact) mass is 341 g/mol. The molecule has 0 spiro atoms. The first-order valence-corrected chi connectivity index (χ1v) is 8.32. The second kappa shape index (κ2) is 7.71. The predicted octanol–water partition coefficient (Wildman–Crippen LogP) is 3.59. The van der Waals surface area contributed by atoms with E-state index in [4.69, 9.17) is 16.6 Å². The molecule has 0 aliphatic rings. The number of aliphatic hydroxyl groups excluding tert-OH is 1. The molecule has 0 fully saturated rings. The van der Waals surface area contributed by atoms with Crippen LogP contribution in [0, 0.1) is 6.92 Å². The Kier molecular flexibility index (Phi) is 5.41. The number of fused-ring (bicyclic) bond motifs is 1. The summed E-state index contributed by atoms with van der Waals surface area (Å²) in [5.74, 6) is 0. The first-order chi connectivity index (χ1) is 11.7. The molecule has 0 atom stereocenters. The summed E-state index contributed by atoms with van der Waals surface area (Å²) >= 11 is 6.56. The molecule has 2 heterocycles. The van der Waals surface area contributed by atoms with Crippen LogP contribution in [0.4, 0.5) is 0 Å². The molecule has 0 aliphatic carbocycles. The molecule has 0 saturated carbocycles. The zero-order valence-corrected chi connectivity index (χ0v) is 14.4. The summed E-state index contributed by atoms with van der Waals surface area (Å²) in [5.41, 5.74) is 3.92. The summed E-state index contributed by atoms with van der Waals surface area (Å²) in [7, 11) is 0. The van der Waals surface area contributed by atoms with Gasteiger partial charge in [-0.05, 0) is 30.2 Å². The van der Waals surface area contributed by atoms with Crippen molar-refractivity contribution < 1.29 is 5.11 Å². The van der Waals surface area contributed by atoms with Crippen LogP contribution in [0.15, 0.2) is 48.8 Å². The maximum atomic E-state index is 9.38. The molecule has 0 bridgehead atoms. The Labute approximate surface area is 146 Å². The maximum absolute atomic E-state index is 9.38. The highest BCUT2D eigenvalue weighted by atomic mass is 35.5. The number of para-hydroxylation sites is 1. The zero-order chi connectivity index (χ0) is 16.9. The number of aromatic nitrogens is 2. The Morgan fingerprint density at radius 3 is 2.71 bits per heavy atom. The number of aryl methyl sites for hydroxylation is 1. The van der Waals surface area contributed by atoms with Gasteiger partial charge in [0.2, 0.25) is 0 Å². The SMILES string of the molecule is Cc1c(Cl)c(CN(CCO)Cc2cccnc2)nc2ccccc12. The second-order valence-electron chi connectivity index (χ2n) is 5.81. The van der Waals surface area contributed by atoms with Crippen LogP contribution in [0.2, 0.25) is 5.02 Å². The van der Waals surface area contributed by atoms with Crippen molar-refractivity contribution in [3.05, 3.63) is 70.6 Å². The van der Waals surface area contributed by atoms with Crippen LogP contribution in [-0.4, -0.2) is 33.1 Å². The molecule has 0 saturated heterocycles. The Morgan fingerprint density at radius 1 is 1.12 bits per heavy atom. The third kappa shape index (κ3) is 3.73. The van der Waals surface area contributed by atoms with Gasteiger partial charge >= 0.3 is 0 Å². The molecular weight excluding hydrogens is 322 g/mol. The van der Waals surface area contributed by atoms with Crippen molar-refractivity contribution in [2.24, 2.45) is 0 Å². The summed E-state index contributed by atoms with van der Waals surface area (Å²) in [6.45, 7) is 3.94. The van der Waals surface area contributed by atoms with Gasteiger partial charge in [-0.3, -0.25) is 9.88 Å². The van der Waals surface area contributed by atoms with E-state index in [-0.39, 0.29) is 6.61 Å². The van der Waals surface area contributed by atoms with E-state index in [1.165, 1.54) is 0 Å². The van der Waals surface area contributed by atoms with Gasteiger partial charge in [0.25, 0.3) is 0 Å². The molecule has 0 amide bonds. The first kappa shape index (κ1) is 16.8. The Bertz CT molecular complexity index is 823. The number of aliphatic hydroxyl groups is 1. The summed E-state index contributed by atoms with van der Waals surface area (Å²) < 4.78 is 0. The molecule has 3 aromatic rings. The minimum atomic E-state index is 0.0877. The highest BCUT2D eigenvalue weighted by Gasteiger charge is 2.14. The van der Waals surface area contributed by atoms with Crippen molar-refractivity contribution in [2.75, 3.05) is 13.2 Å². The van der Waals surface area contributed by atoms with Gasteiger partial charge in [-0.1, -0.05) is 35.9 Å². The van der Waals surface area contributed by atoms with Crippen LogP contribution >= 0.6 is 11.6 Å². The summed E-state index contributed by atoms with van der Waals surface area (Å²) in [5, 5.41) is 11.2. The smallest absolute Gasteiger partial charge is 0.0740 e. The standard InChI is InChI=1S/C19H20ClN3O/c1-14-16-6-2-3-7-17(16)22-18(19(14)20)13-23(9-10-24)12-15-5-4-8-21-11-15/h2-8,11,24H,9-10,12-13H2,1H3. The van der Waals surface area contributed by atoms with Gasteiger partial charge in [-0.15, -0.1) is 0 Å². The van der Waals surface area contributed by atoms with E-state index in [1.807, 2.05) is 49.5 Å². The van der Waals surface area contributed by atoms with Crippen LogP contribution < -0.4 is 0 Å². The van der Waals surface area contributed by atoms with Crippen molar-refractivity contribution in [3.63, 3.8) is 0 Å². The number of rotatable bonds is 6. The van der Waals surface area contributed by atoms with Crippen molar-refractivity contribution in [3.8, 4) is 0 Å². The maximum Gasteiger partial charge on any atom is 0.0740 e. The lowest BCUT2D eigenvalue weighted by atomic mass is 10.1. The normalized spacial score (nSPS) is 11.3. The van der Waals surface area contributed by atoms with E-state index in [1.54, 1.807) is 6.20 Å². The molecule has 0 aliphatic heterocycles. The second-order valence-corrected chi connectivity index (χ2v) is 6.19. The highest BCUT2D eigenvalue weighted by Crippen LogP contribution is 2.27. The number of hydrogen-bond acceptors (Lipinski definition) is 4. The fraction of sp³-hybridized carbons (Fsp3) is 0.263. The van der Waals surface area contributed by atoms with Crippen LogP contribution in [0.3, 0.4) is 0 Å².